The summed E-state index contributed by atoms with van der Waals surface area (Å²) in [6.07, 6.45) is 0.436. The molecule has 2 amide bonds. The monoisotopic (exact) mass is 585 g/mol. The van der Waals surface area contributed by atoms with Crippen molar-refractivity contribution in [2.24, 2.45) is 0 Å². The molecule has 1 atom stereocenters. The fourth-order valence-corrected chi connectivity index (χ4v) is 5.60. The third kappa shape index (κ3) is 7.14. The summed E-state index contributed by atoms with van der Waals surface area (Å²) in [5, 5.41) is 16.1. The molecule has 2 N–H and O–H groups in total. The lowest BCUT2D eigenvalue weighted by Crippen LogP contribution is -2.35. The first-order valence-electron chi connectivity index (χ1n) is 13.1. The molecule has 208 valence electrons. The van der Waals surface area contributed by atoms with E-state index in [0.29, 0.717) is 28.2 Å². The number of benzene rings is 4. The fraction of sp³-hybridized carbons (Fsp3) is 0.156. The molecule has 6 nitrogen and oxygen atoms in total. The number of nitrogens with one attached hydrogen (secondary N) is 2. The number of para-hydroxylation sites is 1. The number of hydrogen-bond acceptors (Lipinski definition) is 4. The molecule has 1 unspecified atom stereocenters. The van der Waals surface area contributed by atoms with E-state index in [2.05, 4.69) is 46.0 Å². The maximum atomic E-state index is 14.3. The van der Waals surface area contributed by atoms with Crippen LogP contribution in [0, 0.1) is 19.7 Å². The smallest absolute Gasteiger partial charge is 0.319 e. The molecule has 0 aliphatic carbocycles. The highest BCUT2D eigenvalue weighted by atomic mass is 35.5. The summed E-state index contributed by atoms with van der Waals surface area (Å²) < 4.78 is 16.3. The van der Waals surface area contributed by atoms with Crippen LogP contribution in [0.25, 0.3) is 5.69 Å². The summed E-state index contributed by atoms with van der Waals surface area (Å²) in [5.41, 5.74) is 5.22. The van der Waals surface area contributed by atoms with Gasteiger partial charge < -0.3 is 10.6 Å². The minimum atomic E-state index is -0.594. The van der Waals surface area contributed by atoms with Crippen molar-refractivity contribution in [1.82, 2.24) is 20.1 Å². The molecule has 9 heteroatoms. The molecule has 4 aromatic carbocycles. The summed E-state index contributed by atoms with van der Waals surface area (Å²) in [5.74, 6) is 0.703. The highest BCUT2D eigenvalue weighted by Crippen LogP contribution is 2.31. The van der Waals surface area contributed by atoms with Gasteiger partial charge in [0.15, 0.2) is 11.0 Å². The van der Waals surface area contributed by atoms with Crippen LogP contribution in [0.1, 0.15) is 34.1 Å². The number of aromatic nitrogens is 3. The summed E-state index contributed by atoms with van der Waals surface area (Å²) >= 11 is 8.01. The normalized spacial score (nSPS) is 11.7. The molecule has 41 heavy (non-hydrogen) atoms. The Kier molecular flexibility index (Phi) is 9.01. The maximum absolute atomic E-state index is 14.3. The molecule has 0 radical (unpaired) electrons. The van der Waals surface area contributed by atoms with E-state index < -0.39 is 17.9 Å². The molecule has 0 aliphatic heterocycles. The third-order valence-corrected chi connectivity index (χ3v) is 7.78. The first-order valence-corrected chi connectivity index (χ1v) is 14.5. The number of carbonyl (C=O) groups excluding carboxylic acids is 1. The maximum Gasteiger partial charge on any atom is 0.319 e. The topological polar surface area (TPSA) is 71.8 Å². The van der Waals surface area contributed by atoms with Gasteiger partial charge in [-0.1, -0.05) is 102 Å². The van der Waals surface area contributed by atoms with Crippen LogP contribution in [-0.4, -0.2) is 20.8 Å². The lowest BCUT2D eigenvalue weighted by Gasteiger charge is -2.21. The quantitative estimate of drug-likeness (QED) is 0.172. The van der Waals surface area contributed by atoms with Crippen LogP contribution >= 0.6 is 23.4 Å². The van der Waals surface area contributed by atoms with Crippen molar-refractivity contribution < 1.29 is 9.18 Å². The Balaban J connectivity index is 1.54. The predicted molar refractivity (Wildman–Crippen MR) is 163 cm³/mol. The van der Waals surface area contributed by atoms with E-state index in [1.54, 1.807) is 23.9 Å². The van der Waals surface area contributed by atoms with Gasteiger partial charge >= 0.3 is 6.03 Å². The highest BCUT2D eigenvalue weighted by Gasteiger charge is 2.26. The third-order valence-electron chi connectivity index (χ3n) is 6.54. The first-order chi connectivity index (χ1) is 19.9. The number of thioether (sulfide) groups is 1. The molecule has 1 heterocycles. The van der Waals surface area contributed by atoms with Gasteiger partial charge in [-0.05, 0) is 54.8 Å². The van der Waals surface area contributed by atoms with Crippen molar-refractivity contribution in [2.45, 2.75) is 37.2 Å². The van der Waals surface area contributed by atoms with Gasteiger partial charge in [0.2, 0.25) is 0 Å². The Morgan fingerprint density at radius 2 is 1.68 bits per heavy atom. The van der Waals surface area contributed by atoms with E-state index in [0.717, 1.165) is 22.4 Å². The van der Waals surface area contributed by atoms with Crippen molar-refractivity contribution in [3.63, 3.8) is 0 Å². The van der Waals surface area contributed by atoms with Crippen LogP contribution in [0.4, 0.5) is 14.9 Å². The molecular formula is C32H29ClFN5OS. The molecule has 5 rings (SSSR count). The lowest BCUT2D eigenvalue weighted by atomic mass is 10.0. The number of halogens is 2. The molecule has 0 saturated carbocycles. The molecular weight excluding hydrogens is 557 g/mol. The van der Waals surface area contributed by atoms with Crippen LogP contribution in [0.2, 0.25) is 5.02 Å². The first kappa shape index (κ1) is 28.4. The van der Waals surface area contributed by atoms with E-state index in [1.807, 2.05) is 66.1 Å². The molecule has 1 aromatic heterocycles. The van der Waals surface area contributed by atoms with Gasteiger partial charge in [-0.2, -0.15) is 0 Å². The molecule has 5 aromatic rings. The van der Waals surface area contributed by atoms with Gasteiger partial charge in [-0.3, -0.25) is 4.57 Å². The molecule has 0 spiro atoms. The lowest BCUT2D eigenvalue weighted by molar-refractivity contribution is 0.247. The zero-order valence-electron chi connectivity index (χ0n) is 22.6. The second-order valence-electron chi connectivity index (χ2n) is 9.71. The Labute approximate surface area is 248 Å². The summed E-state index contributed by atoms with van der Waals surface area (Å²) in [4.78, 5) is 13.2. The number of nitrogens with zero attached hydrogens (tertiary/aromatic N) is 3. The molecule has 0 saturated heterocycles. The van der Waals surface area contributed by atoms with Crippen molar-refractivity contribution in [2.75, 3.05) is 5.32 Å². The molecule has 0 bridgehead atoms. The van der Waals surface area contributed by atoms with Gasteiger partial charge in [0, 0.05) is 17.2 Å². The average Bonchev–Trinajstić information content (AvgIpc) is 3.38. The highest BCUT2D eigenvalue weighted by molar-refractivity contribution is 7.98. The van der Waals surface area contributed by atoms with Crippen molar-refractivity contribution >= 4 is 35.1 Å². The summed E-state index contributed by atoms with van der Waals surface area (Å²) in [6, 6.07) is 28.7. The zero-order chi connectivity index (χ0) is 28.8. The van der Waals surface area contributed by atoms with Crippen LogP contribution in [0.15, 0.2) is 102 Å². The molecule has 0 aliphatic rings. The van der Waals surface area contributed by atoms with Gasteiger partial charge in [-0.15, -0.1) is 10.2 Å². The van der Waals surface area contributed by atoms with E-state index in [9.17, 15) is 9.18 Å². The second kappa shape index (κ2) is 13.0. The zero-order valence-corrected chi connectivity index (χ0v) is 24.2. The Morgan fingerprint density at radius 3 is 2.46 bits per heavy atom. The Bertz CT molecular complexity index is 1660. The van der Waals surface area contributed by atoms with Crippen LogP contribution in [-0.2, 0) is 12.2 Å². The summed E-state index contributed by atoms with van der Waals surface area (Å²) in [7, 11) is 0. The molecule has 0 fully saturated rings. The van der Waals surface area contributed by atoms with Crippen molar-refractivity contribution in [3.8, 4) is 5.69 Å². The number of urea groups is 1. The van der Waals surface area contributed by atoms with Gasteiger partial charge in [0.05, 0.1) is 17.4 Å². The van der Waals surface area contributed by atoms with Crippen molar-refractivity contribution in [3.05, 3.63) is 136 Å². The van der Waals surface area contributed by atoms with Crippen LogP contribution in [0.3, 0.4) is 0 Å². The number of anilines is 1. The number of hydrogen-bond donors (Lipinski definition) is 2. The Hall–Kier alpha value is -4.14. The van der Waals surface area contributed by atoms with E-state index in [4.69, 9.17) is 11.6 Å². The predicted octanol–water partition coefficient (Wildman–Crippen LogP) is 8.07. The minimum Gasteiger partial charge on any atom is -0.327 e. The largest absolute Gasteiger partial charge is 0.327 e. The number of aryl methyl sites for hydroxylation is 2. The van der Waals surface area contributed by atoms with Gasteiger partial charge in [0.25, 0.3) is 0 Å². The second-order valence-corrected chi connectivity index (χ2v) is 11.1. The SMILES string of the molecule is Cc1cccc(CSc2nnc(C(Cc3ccccc3)NC(=O)Nc3ccccc3F)n2-c2cc(Cl)ccc2C)c1. The van der Waals surface area contributed by atoms with E-state index >= 15 is 0 Å². The number of rotatable bonds is 9. The van der Waals surface area contributed by atoms with Crippen LogP contribution < -0.4 is 10.6 Å². The van der Waals surface area contributed by atoms with Crippen LogP contribution in [0.5, 0.6) is 0 Å². The standard InChI is InChI=1S/C32H29ClFN5OS/c1-21-9-8-12-24(17-21)20-41-32-38-37-30(39(32)29-19-25(33)16-15-22(29)2)28(18-23-10-4-3-5-11-23)36-31(40)35-27-14-7-6-13-26(27)34/h3-17,19,28H,18,20H2,1-2H3,(H2,35,36,40). The minimum absolute atomic E-state index is 0.0880. The average molecular weight is 586 g/mol. The fourth-order valence-electron chi connectivity index (χ4n) is 4.54. The van der Waals surface area contributed by atoms with E-state index in [-0.39, 0.29) is 5.69 Å². The number of amides is 2. The summed E-state index contributed by atoms with van der Waals surface area (Å²) in [6.45, 7) is 4.06. The van der Waals surface area contributed by atoms with Crippen molar-refractivity contribution in [1.29, 1.82) is 0 Å². The van der Waals surface area contributed by atoms with Gasteiger partial charge in [0.1, 0.15) is 5.82 Å². The Morgan fingerprint density at radius 1 is 0.927 bits per heavy atom. The van der Waals surface area contributed by atoms with Gasteiger partial charge in [-0.25, -0.2) is 9.18 Å². The van der Waals surface area contributed by atoms with E-state index in [1.165, 1.54) is 17.7 Å². The number of carbonyl (C=O) groups is 1.